The fourth-order valence-corrected chi connectivity index (χ4v) is 3.59. The minimum Gasteiger partial charge on any atom is -0.482 e. The SMILES string of the molecule is CCc1ccc(OCC(=O)OCC(=O)NC(c2ccc(F)cc2)c2cccs2)cc1. The third-order valence-electron chi connectivity index (χ3n) is 4.39. The van der Waals surface area contributed by atoms with E-state index in [0.29, 0.717) is 5.75 Å². The van der Waals surface area contributed by atoms with Gasteiger partial charge in [-0.2, -0.15) is 0 Å². The summed E-state index contributed by atoms with van der Waals surface area (Å²) in [6, 6.07) is 16.6. The van der Waals surface area contributed by atoms with Crippen molar-refractivity contribution in [2.75, 3.05) is 13.2 Å². The molecule has 156 valence electrons. The minimum atomic E-state index is -0.640. The molecule has 0 radical (unpaired) electrons. The highest BCUT2D eigenvalue weighted by atomic mass is 32.1. The van der Waals surface area contributed by atoms with Crippen molar-refractivity contribution in [3.63, 3.8) is 0 Å². The zero-order valence-corrected chi connectivity index (χ0v) is 17.3. The normalized spacial score (nSPS) is 11.5. The Balaban J connectivity index is 1.51. The van der Waals surface area contributed by atoms with Crippen LogP contribution in [0.15, 0.2) is 66.0 Å². The molecule has 1 atom stereocenters. The second-order valence-corrected chi connectivity index (χ2v) is 7.49. The topological polar surface area (TPSA) is 64.6 Å². The van der Waals surface area contributed by atoms with Crippen molar-refractivity contribution in [1.82, 2.24) is 5.32 Å². The van der Waals surface area contributed by atoms with Gasteiger partial charge in [-0.15, -0.1) is 11.3 Å². The van der Waals surface area contributed by atoms with E-state index >= 15 is 0 Å². The molecule has 5 nitrogen and oxygen atoms in total. The van der Waals surface area contributed by atoms with Crippen molar-refractivity contribution >= 4 is 23.2 Å². The molecule has 1 N–H and O–H groups in total. The molecule has 3 aromatic rings. The van der Waals surface area contributed by atoms with Gasteiger partial charge in [0.1, 0.15) is 11.6 Å². The third kappa shape index (κ3) is 6.15. The van der Waals surface area contributed by atoms with Gasteiger partial charge in [-0.05, 0) is 53.3 Å². The van der Waals surface area contributed by atoms with Crippen LogP contribution in [0, 0.1) is 5.82 Å². The summed E-state index contributed by atoms with van der Waals surface area (Å²) in [6.45, 7) is 1.34. The van der Waals surface area contributed by atoms with Crippen LogP contribution in [0.4, 0.5) is 4.39 Å². The minimum absolute atomic E-state index is 0.287. The highest BCUT2D eigenvalue weighted by Crippen LogP contribution is 2.26. The monoisotopic (exact) mass is 427 g/mol. The Morgan fingerprint density at radius 1 is 1.03 bits per heavy atom. The molecule has 7 heteroatoms. The van der Waals surface area contributed by atoms with Gasteiger partial charge < -0.3 is 14.8 Å². The molecule has 0 aliphatic heterocycles. The van der Waals surface area contributed by atoms with Crippen LogP contribution in [0.25, 0.3) is 0 Å². The number of rotatable bonds is 9. The first-order valence-electron chi connectivity index (χ1n) is 9.50. The highest BCUT2D eigenvalue weighted by molar-refractivity contribution is 7.10. The summed E-state index contributed by atoms with van der Waals surface area (Å²) < 4.78 is 23.6. The van der Waals surface area contributed by atoms with Crippen LogP contribution < -0.4 is 10.1 Å². The smallest absolute Gasteiger partial charge is 0.344 e. The number of nitrogens with one attached hydrogen (secondary N) is 1. The van der Waals surface area contributed by atoms with Crippen LogP contribution in [-0.2, 0) is 20.7 Å². The summed E-state index contributed by atoms with van der Waals surface area (Å²) in [7, 11) is 0. The third-order valence-corrected chi connectivity index (χ3v) is 5.33. The van der Waals surface area contributed by atoms with E-state index in [0.717, 1.165) is 16.9 Å². The van der Waals surface area contributed by atoms with Crippen LogP contribution in [0.3, 0.4) is 0 Å². The lowest BCUT2D eigenvalue weighted by Crippen LogP contribution is -2.33. The van der Waals surface area contributed by atoms with Crippen LogP contribution >= 0.6 is 11.3 Å². The average molecular weight is 427 g/mol. The molecule has 3 rings (SSSR count). The summed E-state index contributed by atoms with van der Waals surface area (Å²) in [5.74, 6) is -0.895. The zero-order chi connectivity index (χ0) is 21.3. The molecular formula is C23H22FNO4S. The Hall–Kier alpha value is -3.19. The Bertz CT molecular complexity index is 956. The molecule has 30 heavy (non-hydrogen) atoms. The molecule has 0 saturated carbocycles. The van der Waals surface area contributed by atoms with Crippen LogP contribution in [-0.4, -0.2) is 25.1 Å². The van der Waals surface area contributed by atoms with Gasteiger partial charge in [-0.25, -0.2) is 9.18 Å². The number of hydrogen-bond donors (Lipinski definition) is 1. The van der Waals surface area contributed by atoms with Crippen LogP contribution in [0.5, 0.6) is 5.75 Å². The van der Waals surface area contributed by atoms with E-state index in [1.165, 1.54) is 29.0 Å². The van der Waals surface area contributed by atoms with Crippen molar-refractivity contribution in [2.24, 2.45) is 0 Å². The number of benzene rings is 2. The van der Waals surface area contributed by atoms with Crippen molar-refractivity contribution in [2.45, 2.75) is 19.4 Å². The number of ether oxygens (including phenoxy) is 2. The first-order chi connectivity index (χ1) is 14.5. The van der Waals surface area contributed by atoms with Crippen molar-refractivity contribution in [1.29, 1.82) is 0 Å². The number of esters is 1. The highest BCUT2D eigenvalue weighted by Gasteiger charge is 2.19. The maximum Gasteiger partial charge on any atom is 0.344 e. The molecule has 0 aliphatic rings. The van der Waals surface area contributed by atoms with Gasteiger partial charge in [0.2, 0.25) is 0 Å². The van der Waals surface area contributed by atoms with E-state index < -0.39 is 24.5 Å². The Morgan fingerprint density at radius 3 is 2.40 bits per heavy atom. The molecule has 0 aliphatic carbocycles. The van der Waals surface area contributed by atoms with Gasteiger partial charge in [-0.3, -0.25) is 4.79 Å². The molecule has 0 bridgehead atoms. The number of halogens is 1. The van der Waals surface area contributed by atoms with E-state index in [1.807, 2.05) is 29.6 Å². The standard InChI is InChI=1S/C23H22FNO4S/c1-2-16-5-11-19(12-6-16)28-15-22(27)29-14-21(26)25-23(20-4-3-13-30-20)17-7-9-18(24)10-8-17/h3-13,23H,2,14-15H2,1H3,(H,25,26). The van der Waals surface area contributed by atoms with Gasteiger partial charge in [0.15, 0.2) is 13.2 Å². The molecular weight excluding hydrogens is 405 g/mol. The van der Waals surface area contributed by atoms with E-state index in [1.54, 1.807) is 24.3 Å². The van der Waals surface area contributed by atoms with Crippen molar-refractivity contribution in [3.8, 4) is 5.75 Å². The Kier molecular flexibility index (Phi) is 7.57. The molecule has 1 unspecified atom stereocenters. The van der Waals surface area contributed by atoms with Gasteiger partial charge in [0, 0.05) is 4.88 Å². The Labute approximate surface area is 178 Å². The molecule has 0 fully saturated rings. The number of thiophene rings is 1. The summed E-state index contributed by atoms with van der Waals surface area (Å²) >= 11 is 1.47. The average Bonchev–Trinajstić information content (AvgIpc) is 3.30. The van der Waals surface area contributed by atoms with Crippen molar-refractivity contribution in [3.05, 3.63) is 87.9 Å². The van der Waals surface area contributed by atoms with Gasteiger partial charge in [0.05, 0.1) is 6.04 Å². The van der Waals surface area contributed by atoms with E-state index in [9.17, 15) is 14.0 Å². The number of carbonyl (C=O) groups excluding carboxylic acids is 2. The van der Waals surface area contributed by atoms with Crippen LogP contribution in [0.1, 0.15) is 29.0 Å². The Morgan fingerprint density at radius 2 is 1.77 bits per heavy atom. The summed E-state index contributed by atoms with van der Waals surface area (Å²) in [5.41, 5.74) is 1.90. The zero-order valence-electron chi connectivity index (χ0n) is 16.5. The van der Waals surface area contributed by atoms with Gasteiger partial charge in [-0.1, -0.05) is 37.3 Å². The number of hydrogen-bond acceptors (Lipinski definition) is 5. The number of carbonyl (C=O) groups is 2. The lowest BCUT2D eigenvalue weighted by molar-refractivity contribution is -0.150. The largest absolute Gasteiger partial charge is 0.482 e. The molecule has 0 saturated heterocycles. The maximum atomic E-state index is 13.2. The predicted molar refractivity (Wildman–Crippen MR) is 113 cm³/mol. The summed E-state index contributed by atoms with van der Waals surface area (Å²) in [5, 5.41) is 4.72. The predicted octanol–water partition coefficient (Wildman–Crippen LogP) is 4.28. The molecule has 1 heterocycles. The number of aryl methyl sites for hydroxylation is 1. The lowest BCUT2D eigenvalue weighted by Gasteiger charge is -2.18. The summed E-state index contributed by atoms with van der Waals surface area (Å²) in [6.07, 6.45) is 0.918. The quantitative estimate of drug-likeness (QED) is 0.518. The van der Waals surface area contributed by atoms with E-state index in [4.69, 9.17) is 9.47 Å². The lowest BCUT2D eigenvalue weighted by atomic mass is 10.1. The molecule has 0 spiro atoms. The van der Waals surface area contributed by atoms with Gasteiger partial charge >= 0.3 is 5.97 Å². The first kappa shape index (κ1) is 21.5. The van der Waals surface area contributed by atoms with E-state index in [-0.39, 0.29) is 12.4 Å². The molecule has 1 amide bonds. The fourth-order valence-electron chi connectivity index (χ4n) is 2.78. The van der Waals surface area contributed by atoms with E-state index in [2.05, 4.69) is 12.2 Å². The number of amides is 1. The van der Waals surface area contributed by atoms with Gasteiger partial charge in [0.25, 0.3) is 5.91 Å². The first-order valence-corrected chi connectivity index (χ1v) is 10.4. The molecule has 1 aromatic heterocycles. The maximum absolute atomic E-state index is 13.2. The molecule has 2 aromatic carbocycles. The van der Waals surface area contributed by atoms with Crippen molar-refractivity contribution < 1.29 is 23.5 Å². The second kappa shape index (κ2) is 10.5. The summed E-state index contributed by atoms with van der Waals surface area (Å²) in [4.78, 5) is 25.1. The second-order valence-electron chi connectivity index (χ2n) is 6.51. The fraction of sp³-hybridized carbons (Fsp3) is 0.217. The van der Waals surface area contributed by atoms with Crippen LogP contribution in [0.2, 0.25) is 0 Å².